The van der Waals surface area contributed by atoms with Crippen LogP contribution in [-0.4, -0.2) is 6.04 Å². The molecule has 1 rings (SSSR count). The molecule has 0 saturated carbocycles. The average Bonchev–Trinajstić information content (AvgIpc) is 2.27. The van der Waals surface area contributed by atoms with Crippen molar-refractivity contribution in [2.24, 2.45) is 5.73 Å². The summed E-state index contributed by atoms with van der Waals surface area (Å²) in [5.74, 6) is -1.06. The summed E-state index contributed by atoms with van der Waals surface area (Å²) in [6.07, 6.45) is 7.50. The van der Waals surface area contributed by atoms with Crippen LogP contribution in [0.25, 0.3) is 0 Å². The van der Waals surface area contributed by atoms with Crippen LogP contribution in [0.4, 0.5) is 8.78 Å². The van der Waals surface area contributed by atoms with Gasteiger partial charge in [-0.2, -0.15) is 0 Å². The zero-order valence-electron chi connectivity index (χ0n) is 11.1. The van der Waals surface area contributed by atoms with Gasteiger partial charge < -0.3 is 5.73 Å². The van der Waals surface area contributed by atoms with Crippen LogP contribution in [0.5, 0.6) is 0 Å². The molecule has 1 aromatic rings. The van der Waals surface area contributed by atoms with E-state index < -0.39 is 11.6 Å². The molecule has 0 aliphatic carbocycles. The second-order valence-electron chi connectivity index (χ2n) is 4.94. The molecule has 3 heteroatoms. The fourth-order valence-electron chi connectivity index (χ4n) is 2.14. The Balaban J connectivity index is 2.28. The van der Waals surface area contributed by atoms with Gasteiger partial charge in [0.25, 0.3) is 0 Å². The van der Waals surface area contributed by atoms with Gasteiger partial charge in [0.1, 0.15) is 11.6 Å². The van der Waals surface area contributed by atoms with Crippen LogP contribution in [-0.2, 0) is 6.42 Å². The summed E-state index contributed by atoms with van der Waals surface area (Å²) in [6.45, 7) is 2.18. The number of benzene rings is 1. The minimum absolute atomic E-state index is 0.00664. The lowest BCUT2D eigenvalue weighted by Gasteiger charge is -2.11. The summed E-state index contributed by atoms with van der Waals surface area (Å²) in [7, 11) is 0. The normalized spacial score (nSPS) is 12.7. The second kappa shape index (κ2) is 8.20. The SMILES string of the molecule is CCCCCCCC(N)Cc1cc(F)cc(F)c1. The van der Waals surface area contributed by atoms with Gasteiger partial charge in [-0.3, -0.25) is 0 Å². The zero-order valence-corrected chi connectivity index (χ0v) is 11.1. The Morgan fingerprint density at radius 1 is 1.00 bits per heavy atom. The second-order valence-corrected chi connectivity index (χ2v) is 4.94. The van der Waals surface area contributed by atoms with Crippen molar-refractivity contribution in [3.05, 3.63) is 35.4 Å². The van der Waals surface area contributed by atoms with Crippen molar-refractivity contribution in [3.63, 3.8) is 0 Å². The Morgan fingerprint density at radius 3 is 2.22 bits per heavy atom. The predicted octanol–water partition coefficient (Wildman–Crippen LogP) is 4.20. The van der Waals surface area contributed by atoms with Crippen LogP contribution in [0.15, 0.2) is 18.2 Å². The first kappa shape index (κ1) is 15.1. The smallest absolute Gasteiger partial charge is 0.126 e. The van der Waals surface area contributed by atoms with Gasteiger partial charge in [-0.1, -0.05) is 39.0 Å². The molecule has 102 valence electrons. The third-order valence-corrected chi connectivity index (χ3v) is 3.10. The molecule has 0 amide bonds. The average molecular weight is 255 g/mol. The fourth-order valence-corrected chi connectivity index (χ4v) is 2.14. The van der Waals surface area contributed by atoms with Gasteiger partial charge in [0, 0.05) is 12.1 Å². The monoisotopic (exact) mass is 255 g/mol. The Labute approximate surface area is 108 Å². The topological polar surface area (TPSA) is 26.0 Å². The lowest BCUT2D eigenvalue weighted by molar-refractivity contribution is 0.532. The number of halogens is 2. The molecule has 0 aliphatic rings. The molecule has 1 aromatic carbocycles. The molecule has 0 fully saturated rings. The summed E-state index contributed by atoms with van der Waals surface area (Å²) < 4.78 is 26.0. The number of rotatable bonds is 8. The van der Waals surface area contributed by atoms with E-state index in [1.165, 1.54) is 37.8 Å². The van der Waals surface area contributed by atoms with E-state index in [4.69, 9.17) is 5.73 Å². The van der Waals surface area contributed by atoms with E-state index in [1.807, 2.05) is 0 Å². The quantitative estimate of drug-likeness (QED) is 0.692. The van der Waals surface area contributed by atoms with E-state index in [9.17, 15) is 8.78 Å². The number of hydrogen-bond donors (Lipinski definition) is 1. The molecule has 0 aromatic heterocycles. The van der Waals surface area contributed by atoms with Crippen molar-refractivity contribution < 1.29 is 8.78 Å². The maximum absolute atomic E-state index is 13.0. The maximum atomic E-state index is 13.0. The zero-order chi connectivity index (χ0) is 13.4. The third kappa shape index (κ3) is 6.10. The Bertz CT molecular complexity index is 332. The van der Waals surface area contributed by atoms with E-state index in [-0.39, 0.29) is 6.04 Å². The minimum atomic E-state index is -0.528. The summed E-state index contributed by atoms with van der Waals surface area (Å²) in [6, 6.07) is 3.60. The van der Waals surface area contributed by atoms with E-state index in [1.54, 1.807) is 0 Å². The summed E-state index contributed by atoms with van der Waals surface area (Å²) >= 11 is 0. The predicted molar refractivity (Wildman–Crippen MR) is 71.4 cm³/mol. The molecule has 0 heterocycles. The third-order valence-electron chi connectivity index (χ3n) is 3.10. The van der Waals surface area contributed by atoms with Crippen LogP contribution >= 0.6 is 0 Å². The van der Waals surface area contributed by atoms with E-state index in [0.29, 0.717) is 12.0 Å². The van der Waals surface area contributed by atoms with Crippen LogP contribution < -0.4 is 5.73 Å². The maximum Gasteiger partial charge on any atom is 0.126 e. The van der Waals surface area contributed by atoms with Crippen molar-refractivity contribution in [1.82, 2.24) is 0 Å². The first-order valence-electron chi connectivity index (χ1n) is 6.82. The summed E-state index contributed by atoms with van der Waals surface area (Å²) in [5, 5.41) is 0. The molecule has 0 spiro atoms. The van der Waals surface area contributed by atoms with Crippen molar-refractivity contribution in [2.45, 2.75) is 57.9 Å². The van der Waals surface area contributed by atoms with Gasteiger partial charge in [-0.15, -0.1) is 0 Å². The number of unbranched alkanes of at least 4 members (excludes halogenated alkanes) is 4. The van der Waals surface area contributed by atoms with Crippen molar-refractivity contribution in [2.75, 3.05) is 0 Å². The first-order chi connectivity index (χ1) is 8.61. The van der Waals surface area contributed by atoms with Gasteiger partial charge in [-0.05, 0) is 30.5 Å². The van der Waals surface area contributed by atoms with E-state index >= 15 is 0 Å². The Morgan fingerprint density at radius 2 is 1.61 bits per heavy atom. The molecule has 0 bridgehead atoms. The molecule has 0 saturated heterocycles. The molecule has 0 radical (unpaired) electrons. The highest BCUT2D eigenvalue weighted by molar-refractivity contribution is 5.18. The standard InChI is InChI=1S/C15H23F2N/c1-2-3-4-5-6-7-15(18)10-12-8-13(16)11-14(17)9-12/h8-9,11,15H,2-7,10,18H2,1H3. The van der Waals surface area contributed by atoms with Crippen LogP contribution in [0.1, 0.15) is 51.0 Å². The summed E-state index contributed by atoms with van der Waals surface area (Å²) in [4.78, 5) is 0. The van der Waals surface area contributed by atoms with Crippen molar-refractivity contribution in [3.8, 4) is 0 Å². The summed E-state index contributed by atoms with van der Waals surface area (Å²) in [5.41, 5.74) is 6.62. The van der Waals surface area contributed by atoms with Gasteiger partial charge in [-0.25, -0.2) is 8.78 Å². The highest BCUT2D eigenvalue weighted by atomic mass is 19.1. The lowest BCUT2D eigenvalue weighted by Crippen LogP contribution is -2.22. The van der Waals surface area contributed by atoms with E-state index in [2.05, 4.69) is 6.92 Å². The number of nitrogens with two attached hydrogens (primary N) is 1. The van der Waals surface area contributed by atoms with Gasteiger partial charge in [0.05, 0.1) is 0 Å². The molecule has 1 unspecified atom stereocenters. The Kier molecular flexibility index (Phi) is 6.88. The highest BCUT2D eigenvalue weighted by Gasteiger charge is 2.06. The highest BCUT2D eigenvalue weighted by Crippen LogP contribution is 2.13. The van der Waals surface area contributed by atoms with Gasteiger partial charge in [0.15, 0.2) is 0 Å². The molecule has 1 nitrogen and oxygen atoms in total. The van der Waals surface area contributed by atoms with Crippen LogP contribution in [0.2, 0.25) is 0 Å². The molecule has 1 atom stereocenters. The number of hydrogen-bond acceptors (Lipinski definition) is 1. The minimum Gasteiger partial charge on any atom is -0.327 e. The van der Waals surface area contributed by atoms with Gasteiger partial charge >= 0.3 is 0 Å². The van der Waals surface area contributed by atoms with Crippen molar-refractivity contribution in [1.29, 1.82) is 0 Å². The molecule has 2 N–H and O–H groups in total. The van der Waals surface area contributed by atoms with Crippen LogP contribution in [0, 0.1) is 11.6 Å². The molecular weight excluding hydrogens is 232 g/mol. The van der Waals surface area contributed by atoms with Gasteiger partial charge in [0.2, 0.25) is 0 Å². The first-order valence-corrected chi connectivity index (χ1v) is 6.82. The van der Waals surface area contributed by atoms with Crippen LogP contribution in [0.3, 0.4) is 0 Å². The largest absolute Gasteiger partial charge is 0.327 e. The fraction of sp³-hybridized carbons (Fsp3) is 0.600. The Hall–Kier alpha value is -0.960. The van der Waals surface area contributed by atoms with Crippen molar-refractivity contribution >= 4 is 0 Å². The van der Waals surface area contributed by atoms with E-state index in [0.717, 1.165) is 18.9 Å². The molecular formula is C15H23F2N. The molecule has 0 aliphatic heterocycles. The molecule has 18 heavy (non-hydrogen) atoms. The lowest BCUT2D eigenvalue weighted by atomic mass is 10.0.